The minimum Gasteiger partial charge on any atom is -0.476 e. The highest BCUT2D eigenvalue weighted by molar-refractivity contribution is 5.87. The van der Waals surface area contributed by atoms with E-state index in [1.54, 1.807) is 0 Å². The molecule has 1 atom stereocenters. The van der Waals surface area contributed by atoms with Gasteiger partial charge in [0.2, 0.25) is 0 Å². The third-order valence-corrected chi connectivity index (χ3v) is 3.63. The van der Waals surface area contributed by atoms with Gasteiger partial charge >= 0.3 is 5.97 Å². The van der Waals surface area contributed by atoms with Gasteiger partial charge in [-0.2, -0.15) is 5.10 Å². The number of hydrogen-bond acceptors (Lipinski definition) is 3. The molecule has 1 aliphatic carbocycles. The molecule has 0 aliphatic heterocycles. The number of carboxylic acid groups (broad SMARTS) is 1. The van der Waals surface area contributed by atoms with Gasteiger partial charge in [0.1, 0.15) is 0 Å². The molecule has 3 rings (SSSR count). The van der Waals surface area contributed by atoms with Gasteiger partial charge in [-0.15, -0.1) is 0 Å². The van der Waals surface area contributed by atoms with Crippen LogP contribution in [-0.4, -0.2) is 27.4 Å². The number of carbonyl (C=O) groups is 1. The number of carboxylic acids is 1. The number of ether oxygens (including phenoxy) is 1. The standard InChI is InChI=1S/C15H16N2O3/c18-15(19)14-12-8-11(6-7-13(12)16-17-14)20-9-10-4-2-1-3-5-10/h1-5,11H,6-9H2,(H,16,17)(H,18,19). The van der Waals surface area contributed by atoms with Gasteiger partial charge in [-0.3, -0.25) is 5.10 Å². The highest BCUT2D eigenvalue weighted by Gasteiger charge is 2.26. The molecule has 0 radical (unpaired) electrons. The van der Waals surface area contributed by atoms with Gasteiger partial charge in [-0.25, -0.2) is 4.79 Å². The fourth-order valence-electron chi connectivity index (χ4n) is 2.57. The molecule has 0 amide bonds. The Morgan fingerprint density at radius 1 is 1.40 bits per heavy atom. The van der Waals surface area contributed by atoms with Crippen LogP contribution in [0.25, 0.3) is 0 Å². The van der Waals surface area contributed by atoms with E-state index in [1.807, 2.05) is 30.3 Å². The van der Waals surface area contributed by atoms with Crippen LogP contribution in [0, 0.1) is 0 Å². The van der Waals surface area contributed by atoms with E-state index in [-0.39, 0.29) is 11.8 Å². The van der Waals surface area contributed by atoms with Crippen LogP contribution in [0.1, 0.15) is 33.7 Å². The molecule has 1 aliphatic rings. The highest BCUT2D eigenvalue weighted by Crippen LogP contribution is 2.25. The number of aromatic carboxylic acids is 1. The second kappa shape index (κ2) is 5.46. The number of hydrogen-bond donors (Lipinski definition) is 2. The summed E-state index contributed by atoms with van der Waals surface area (Å²) in [5.41, 5.74) is 2.99. The molecule has 1 heterocycles. The molecule has 2 aromatic rings. The summed E-state index contributed by atoms with van der Waals surface area (Å²) in [5.74, 6) is -0.980. The van der Waals surface area contributed by atoms with Crippen molar-refractivity contribution >= 4 is 5.97 Å². The van der Waals surface area contributed by atoms with E-state index in [4.69, 9.17) is 9.84 Å². The van der Waals surface area contributed by atoms with Crippen LogP contribution in [0.4, 0.5) is 0 Å². The van der Waals surface area contributed by atoms with Crippen molar-refractivity contribution in [1.29, 1.82) is 0 Å². The normalized spacial score (nSPS) is 17.7. The van der Waals surface area contributed by atoms with Gasteiger partial charge in [-0.1, -0.05) is 30.3 Å². The molecular weight excluding hydrogens is 256 g/mol. The maximum atomic E-state index is 11.1. The summed E-state index contributed by atoms with van der Waals surface area (Å²) in [5, 5.41) is 15.8. The van der Waals surface area contributed by atoms with Crippen molar-refractivity contribution in [2.45, 2.75) is 32.0 Å². The van der Waals surface area contributed by atoms with Gasteiger partial charge < -0.3 is 9.84 Å². The number of nitrogens with one attached hydrogen (secondary N) is 1. The zero-order valence-electron chi connectivity index (χ0n) is 11.0. The Bertz CT molecular complexity index is 607. The Kier molecular flexibility index (Phi) is 3.52. The second-order valence-electron chi connectivity index (χ2n) is 5.00. The minimum atomic E-state index is -0.980. The van der Waals surface area contributed by atoms with E-state index >= 15 is 0 Å². The predicted octanol–water partition coefficient (Wildman–Crippen LogP) is 2.18. The molecule has 1 unspecified atom stereocenters. The monoisotopic (exact) mass is 272 g/mol. The van der Waals surface area contributed by atoms with Crippen molar-refractivity contribution in [1.82, 2.24) is 10.2 Å². The van der Waals surface area contributed by atoms with E-state index < -0.39 is 5.97 Å². The molecule has 1 aromatic heterocycles. The summed E-state index contributed by atoms with van der Waals surface area (Å²) in [6, 6.07) is 9.98. The quantitative estimate of drug-likeness (QED) is 0.894. The van der Waals surface area contributed by atoms with E-state index in [0.717, 1.165) is 29.7 Å². The Morgan fingerprint density at radius 2 is 2.20 bits per heavy atom. The third-order valence-electron chi connectivity index (χ3n) is 3.63. The molecule has 104 valence electrons. The van der Waals surface area contributed by atoms with Crippen molar-refractivity contribution in [2.75, 3.05) is 0 Å². The lowest BCUT2D eigenvalue weighted by molar-refractivity contribution is 0.0314. The first-order valence-corrected chi connectivity index (χ1v) is 6.69. The van der Waals surface area contributed by atoms with Gasteiger partial charge in [-0.05, 0) is 18.4 Å². The number of H-pyrrole nitrogens is 1. The number of benzene rings is 1. The molecule has 0 saturated carbocycles. The fraction of sp³-hybridized carbons (Fsp3) is 0.333. The molecule has 0 spiro atoms. The largest absolute Gasteiger partial charge is 0.476 e. The molecule has 0 fully saturated rings. The lowest BCUT2D eigenvalue weighted by Crippen LogP contribution is -2.23. The second-order valence-corrected chi connectivity index (χ2v) is 5.00. The van der Waals surface area contributed by atoms with Crippen LogP contribution in [0.2, 0.25) is 0 Å². The van der Waals surface area contributed by atoms with Crippen LogP contribution in [0.15, 0.2) is 30.3 Å². The molecular formula is C15H16N2O3. The van der Waals surface area contributed by atoms with Crippen molar-refractivity contribution in [3.8, 4) is 0 Å². The molecule has 2 N–H and O–H groups in total. The number of aromatic amines is 1. The van der Waals surface area contributed by atoms with E-state index in [9.17, 15) is 4.79 Å². The molecule has 0 bridgehead atoms. The molecule has 1 aromatic carbocycles. The van der Waals surface area contributed by atoms with Crippen molar-refractivity contribution in [3.63, 3.8) is 0 Å². The van der Waals surface area contributed by atoms with Crippen LogP contribution < -0.4 is 0 Å². The predicted molar refractivity (Wildman–Crippen MR) is 72.6 cm³/mol. The summed E-state index contributed by atoms with van der Waals surface area (Å²) < 4.78 is 5.90. The summed E-state index contributed by atoms with van der Waals surface area (Å²) in [7, 11) is 0. The smallest absolute Gasteiger partial charge is 0.356 e. The average molecular weight is 272 g/mol. The van der Waals surface area contributed by atoms with Crippen LogP contribution in [0.5, 0.6) is 0 Å². The molecule has 0 saturated heterocycles. The van der Waals surface area contributed by atoms with E-state index in [2.05, 4.69) is 10.2 Å². The first-order chi connectivity index (χ1) is 9.74. The maximum Gasteiger partial charge on any atom is 0.356 e. The fourth-order valence-corrected chi connectivity index (χ4v) is 2.57. The van der Waals surface area contributed by atoms with E-state index in [1.165, 1.54) is 0 Å². The van der Waals surface area contributed by atoms with Gasteiger partial charge in [0, 0.05) is 17.7 Å². The van der Waals surface area contributed by atoms with Crippen molar-refractivity contribution in [3.05, 3.63) is 52.8 Å². The van der Waals surface area contributed by atoms with Crippen molar-refractivity contribution < 1.29 is 14.6 Å². The van der Waals surface area contributed by atoms with Gasteiger partial charge in [0.05, 0.1) is 12.7 Å². The Morgan fingerprint density at radius 3 is 2.95 bits per heavy atom. The summed E-state index contributed by atoms with van der Waals surface area (Å²) >= 11 is 0. The lowest BCUT2D eigenvalue weighted by atomic mass is 9.93. The summed E-state index contributed by atoms with van der Waals surface area (Å²) in [4.78, 5) is 11.1. The molecule has 5 nitrogen and oxygen atoms in total. The van der Waals surface area contributed by atoms with Crippen molar-refractivity contribution in [2.24, 2.45) is 0 Å². The van der Waals surface area contributed by atoms with Crippen LogP contribution in [-0.2, 0) is 24.2 Å². The first kappa shape index (κ1) is 12.9. The molecule has 20 heavy (non-hydrogen) atoms. The molecule has 5 heteroatoms. The van der Waals surface area contributed by atoms with Gasteiger partial charge in [0.25, 0.3) is 0 Å². The highest BCUT2D eigenvalue weighted by atomic mass is 16.5. The maximum absolute atomic E-state index is 11.1. The topological polar surface area (TPSA) is 75.2 Å². The minimum absolute atomic E-state index is 0.0541. The van der Waals surface area contributed by atoms with Gasteiger partial charge in [0.15, 0.2) is 5.69 Å². The Labute approximate surface area is 116 Å². The zero-order chi connectivity index (χ0) is 13.9. The summed E-state index contributed by atoms with van der Waals surface area (Å²) in [6.45, 7) is 0.557. The number of aryl methyl sites for hydroxylation is 1. The third kappa shape index (κ3) is 2.58. The number of rotatable bonds is 4. The number of aromatic nitrogens is 2. The Balaban J connectivity index is 1.66. The average Bonchev–Trinajstić information content (AvgIpc) is 2.89. The zero-order valence-corrected chi connectivity index (χ0v) is 11.0. The first-order valence-electron chi connectivity index (χ1n) is 6.69. The van der Waals surface area contributed by atoms with Crippen LogP contribution >= 0.6 is 0 Å². The van der Waals surface area contributed by atoms with Crippen LogP contribution in [0.3, 0.4) is 0 Å². The summed E-state index contributed by atoms with van der Waals surface area (Å²) in [6.07, 6.45) is 2.34. The number of fused-ring (bicyclic) bond motifs is 1. The number of nitrogens with zero attached hydrogens (tertiary/aromatic N) is 1. The van der Waals surface area contributed by atoms with E-state index in [0.29, 0.717) is 13.0 Å². The SMILES string of the molecule is O=C(O)c1n[nH]c2c1CC(OCc1ccccc1)CC2. The Hall–Kier alpha value is -2.14. The lowest BCUT2D eigenvalue weighted by Gasteiger charge is -2.22.